The van der Waals surface area contributed by atoms with Crippen molar-refractivity contribution < 1.29 is 0 Å². The van der Waals surface area contributed by atoms with Gasteiger partial charge in [-0.15, -0.1) is 0 Å². The van der Waals surface area contributed by atoms with Gasteiger partial charge in [0.05, 0.1) is 0 Å². The molecule has 24 heavy (non-hydrogen) atoms. The van der Waals surface area contributed by atoms with E-state index < -0.39 is 0 Å². The molecule has 1 unspecified atom stereocenters. The van der Waals surface area contributed by atoms with E-state index in [1.165, 1.54) is 60.4 Å². The predicted molar refractivity (Wildman–Crippen MR) is 106 cm³/mol. The summed E-state index contributed by atoms with van der Waals surface area (Å²) >= 11 is 0. The topological polar surface area (TPSA) is 0 Å². The van der Waals surface area contributed by atoms with Crippen molar-refractivity contribution >= 4 is 10.8 Å². The van der Waals surface area contributed by atoms with Crippen LogP contribution in [0.25, 0.3) is 10.8 Å². The number of benzene rings is 3. The van der Waals surface area contributed by atoms with E-state index in [0.717, 1.165) is 0 Å². The quantitative estimate of drug-likeness (QED) is 0.387. The maximum atomic E-state index is 2.35. The van der Waals surface area contributed by atoms with Gasteiger partial charge in [0, 0.05) is 0 Å². The van der Waals surface area contributed by atoms with Crippen LogP contribution in [0.2, 0.25) is 0 Å². The van der Waals surface area contributed by atoms with Gasteiger partial charge in [0.2, 0.25) is 0 Å². The van der Waals surface area contributed by atoms with Crippen molar-refractivity contribution in [1.82, 2.24) is 0 Å². The maximum Gasteiger partial charge on any atom is -0.0181 e. The minimum absolute atomic E-state index is 0.687. The number of aryl methyl sites for hydroxylation is 1. The average Bonchev–Trinajstić information content (AvgIpc) is 2.65. The number of rotatable bonds is 8. The Morgan fingerprint density at radius 1 is 0.667 bits per heavy atom. The van der Waals surface area contributed by atoms with Crippen molar-refractivity contribution in [2.75, 3.05) is 0 Å². The fourth-order valence-corrected chi connectivity index (χ4v) is 3.48. The largest absolute Gasteiger partial charge is 0.0622 e. The lowest BCUT2D eigenvalue weighted by atomic mass is 9.94. The summed E-state index contributed by atoms with van der Waals surface area (Å²) in [5.74, 6) is 0.687. The van der Waals surface area contributed by atoms with Crippen LogP contribution in [-0.4, -0.2) is 0 Å². The van der Waals surface area contributed by atoms with Gasteiger partial charge in [0.15, 0.2) is 0 Å². The van der Waals surface area contributed by atoms with Crippen molar-refractivity contribution in [2.45, 2.75) is 51.4 Å². The van der Waals surface area contributed by atoms with Gasteiger partial charge in [-0.3, -0.25) is 0 Å². The SMILES string of the molecule is CC(CCCCCCc1ccc2ccccc2c1)c1ccccc1. The van der Waals surface area contributed by atoms with Crippen LogP contribution in [0.5, 0.6) is 0 Å². The second kappa shape index (κ2) is 8.68. The van der Waals surface area contributed by atoms with Crippen molar-refractivity contribution in [1.29, 1.82) is 0 Å². The van der Waals surface area contributed by atoms with E-state index in [1.54, 1.807) is 0 Å². The molecule has 0 heteroatoms. The number of unbranched alkanes of at least 4 members (excludes halogenated alkanes) is 3. The lowest BCUT2D eigenvalue weighted by Gasteiger charge is -2.11. The highest BCUT2D eigenvalue weighted by atomic mass is 14.1. The lowest BCUT2D eigenvalue weighted by molar-refractivity contribution is 0.570. The molecular formula is C24H28. The molecule has 0 amide bonds. The first-order valence-corrected chi connectivity index (χ1v) is 9.35. The molecule has 3 aromatic carbocycles. The molecule has 0 nitrogen and oxygen atoms in total. The molecular weight excluding hydrogens is 288 g/mol. The first-order chi connectivity index (χ1) is 11.8. The molecule has 0 N–H and O–H groups in total. The number of hydrogen-bond acceptors (Lipinski definition) is 0. The molecule has 0 fully saturated rings. The summed E-state index contributed by atoms with van der Waals surface area (Å²) in [6.45, 7) is 2.35. The van der Waals surface area contributed by atoms with Crippen LogP contribution in [0.3, 0.4) is 0 Å². The van der Waals surface area contributed by atoms with Gasteiger partial charge in [0.1, 0.15) is 0 Å². The lowest BCUT2D eigenvalue weighted by Crippen LogP contribution is -1.93. The Balaban J connectivity index is 1.36. The molecule has 3 aromatic rings. The summed E-state index contributed by atoms with van der Waals surface area (Å²) in [6, 6.07) is 26.4. The summed E-state index contributed by atoms with van der Waals surface area (Å²) < 4.78 is 0. The second-order valence-corrected chi connectivity index (χ2v) is 6.95. The third kappa shape index (κ3) is 4.71. The van der Waals surface area contributed by atoms with Gasteiger partial charge in [-0.25, -0.2) is 0 Å². The van der Waals surface area contributed by atoms with Gasteiger partial charge in [-0.2, -0.15) is 0 Å². The number of fused-ring (bicyclic) bond motifs is 1. The fraction of sp³-hybridized carbons (Fsp3) is 0.333. The Morgan fingerprint density at radius 3 is 2.21 bits per heavy atom. The van der Waals surface area contributed by atoms with Gasteiger partial charge < -0.3 is 0 Å². The van der Waals surface area contributed by atoms with Gasteiger partial charge in [-0.05, 0) is 47.1 Å². The standard InChI is InChI=1S/C24H28/c1-20(22-13-7-4-8-14-22)11-5-2-3-6-12-21-17-18-23-15-9-10-16-24(23)19-21/h4,7-10,13-20H,2-3,5-6,11-12H2,1H3. The third-order valence-corrected chi connectivity index (χ3v) is 5.04. The predicted octanol–water partition coefficient (Wildman–Crippen LogP) is 7.14. The van der Waals surface area contributed by atoms with Gasteiger partial charge in [0.25, 0.3) is 0 Å². The Bertz CT molecular complexity index is 742. The van der Waals surface area contributed by atoms with E-state index in [0.29, 0.717) is 5.92 Å². The third-order valence-electron chi connectivity index (χ3n) is 5.04. The summed E-state index contributed by atoms with van der Waals surface area (Å²) in [4.78, 5) is 0. The Morgan fingerprint density at radius 2 is 1.38 bits per heavy atom. The minimum Gasteiger partial charge on any atom is -0.0622 e. The summed E-state index contributed by atoms with van der Waals surface area (Å²) in [7, 11) is 0. The zero-order valence-corrected chi connectivity index (χ0v) is 14.7. The summed E-state index contributed by atoms with van der Waals surface area (Å²) in [6.07, 6.45) is 7.85. The molecule has 0 radical (unpaired) electrons. The van der Waals surface area contributed by atoms with Crippen LogP contribution in [0.15, 0.2) is 72.8 Å². The van der Waals surface area contributed by atoms with Crippen molar-refractivity contribution in [3.05, 3.63) is 83.9 Å². The van der Waals surface area contributed by atoms with Crippen LogP contribution >= 0.6 is 0 Å². The maximum absolute atomic E-state index is 2.35. The van der Waals surface area contributed by atoms with E-state index in [1.807, 2.05) is 0 Å². The summed E-state index contributed by atoms with van der Waals surface area (Å²) in [5.41, 5.74) is 2.96. The van der Waals surface area contributed by atoms with Crippen LogP contribution in [0.1, 0.15) is 56.1 Å². The first kappa shape index (κ1) is 16.8. The fourth-order valence-electron chi connectivity index (χ4n) is 3.48. The average molecular weight is 316 g/mol. The van der Waals surface area contributed by atoms with Crippen LogP contribution < -0.4 is 0 Å². The minimum atomic E-state index is 0.687. The number of hydrogen-bond donors (Lipinski definition) is 0. The molecule has 0 aromatic heterocycles. The van der Waals surface area contributed by atoms with Crippen LogP contribution in [0.4, 0.5) is 0 Å². The molecule has 0 spiro atoms. The molecule has 0 saturated carbocycles. The summed E-state index contributed by atoms with van der Waals surface area (Å²) in [5, 5.41) is 2.71. The normalized spacial score (nSPS) is 12.4. The van der Waals surface area contributed by atoms with Crippen LogP contribution in [-0.2, 0) is 6.42 Å². The van der Waals surface area contributed by atoms with E-state index in [9.17, 15) is 0 Å². The molecule has 0 aliphatic carbocycles. The molecule has 0 aliphatic rings. The molecule has 3 rings (SSSR count). The molecule has 124 valence electrons. The van der Waals surface area contributed by atoms with Gasteiger partial charge >= 0.3 is 0 Å². The second-order valence-electron chi connectivity index (χ2n) is 6.95. The Hall–Kier alpha value is -2.08. The highest BCUT2D eigenvalue weighted by Crippen LogP contribution is 2.22. The molecule has 1 atom stereocenters. The van der Waals surface area contributed by atoms with E-state index >= 15 is 0 Å². The highest BCUT2D eigenvalue weighted by molar-refractivity contribution is 5.82. The molecule has 0 saturated heterocycles. The molecule has 0 heterocycles. The molecule has 0 bridgehead atoms. The van der Waals surface area contributed by atoms with Crippen molar-refractivity contribution in [3.63, 3.8) is 0 Å². The monoisotopic (exact) mass is 316 g/mol. The zero-order valence-electron chi connectivity index (χ0n) is 14.7. The zero-order chi connectivity index (χ0) is 16.6. The molecule has 0 aliphatic heterocycles. The van der Waals surface area contributed by atoms with E-state index in [4.69, 9.17) is 0 Å². The van der Waals surface area contributed by atoms with E-state index in [2.05, 4.69) is 79.7 Å². The Labute approximate surface area is 146 Å². The van der Waals surface area contributed by atoms with Gasteiger partial charge in [-0.1, -0.05) is 99.0 Å². The Kier molecular flexibility index (Phi) is 6.07. The highest BCUT2D eigenvalue weighted by Gasteiger charge is 2.04. The van der Waals surface area contributed by atoms with E-state index in [-0.39, 0.29) is 0 Å². The first-order valence-electron chi connectivity index (χ1n) is 9.35. The van der Waals surface area contributed by atoms with Crippen molar-refractivity contribution in [2.24, 2.45) is 0 Å². The van der Waals surface area contributed by atoms with Crippen LogP contribution in [0, 0.1) is 0 Å². The van der Waals surface area contributed by atoms with Crippen molar-refractivity contribution in [3.8, 4) is 0 Å². The smallest absolute Gasteiger partial charge is 0.0181 e.